The van der Waals surface area contributed by atoms with Crippen LogP contribution in [0.4, 0.5) is 0 Å². The third-order valence-electron chi connectivity index (χ3n) is 4.32. The van der Waals surface area contributed by atoms with Crippen LogP contribution in [-0.4, -0.2) is 37.7 Å². The van der Waals surface area contributed by atoms with Gasteiger partial charge in [0.2, 0.25) is 0 Å². The normalized spacial score (nSPS) is 23.6. The maximum Gasteiger partial charge on any atom is 0.127 e. The number of benzene rings is 1. The number of nitrogens with zero attached hydrogens (tertiary/aromatic N) is 1. The highest BCUT2D eigenvalue weighted by Crippen LogP contribution is 2.14. The topological polar surface area (TPSA) is 21.8 Å². The average Bonchev–Trinajstić information content (AvgIpc) is 2.48. The Balaban J connectivity index is 1.75. The third-order valence-corrected chi connectivity index (χ3v) is 4.32. The molecule has 0 amide bonds. The quantitative estimate of drug-likeness (QED) is 0.763. The van der Waals surface area contributed by atoms with Gasteiger partial charge in [-0.15, -0.1) is 0 Å². The highest BCUT2D eigenvalue weighted by atomic mass is 15.3. The van der Waals surface area contributed by atoms with Crippen molar-refractivity contribution >= 4 is 10.9 Å². The molecule has 0 spiro atoms. The highest BCUT2D eigenvalue weighted by Gasteiger charge is 2.22. The van der Waals surface area contributed by atoms with E-state index in [4.69, 9.17) is 0 Å². The van der Waals surface area contributed by atoms with Crippen LogP contribution in [0.2, 0.25) is 0 Å². The van der Waals surface area contributed by atoms with E-state index in [2.05, 4.69) is 36.2 Å². The molecule has 100 valence electrons. The van der Waals surface area contributed by atoms with Gasteiger partial charge in [-0.25, -0.2) is 0 Å². The second kappa shape index (κ2) is 5.68. The summed E-state index contributed by atoms with van der Waals surface area (Å²) >= 11 is 0. The van der Waals surface area contributed by atoms with E-state index in [9.17, 15) is 0 Å². The molecule has 0 saturated carbocycles. The maximum absolute atomic E-state index is 4.56. The van der Waals surface area contributed by atoms with Gasteiger partial charge in [0.25, 0.3) is 0 Å². The van der Waals surface area contributed by atoms with E-state index in [0.29, 0.717) is 0 Å². The Morgan fingerprint density at radius 1 is 1.00 bits per heavy atom. The minimum atomic E-state index is 1.12. The lowest BCUT2D eigenvalue weighted by molar-refractivity contribution is -1.02. The van der Waals surface area contributed by atoms with Gasteiger partial charge in [-0.1, -0.05) is 24.3 Å². The van der Waals surface area contributed by atoms with Crippen LogP contribution in [-0.2, 0) is 6.54 Å². The average molecular weight is 257 g/mol. The molecular formula is C16H23N3+2. The molecule has 3 nitrogen and oxygen atoms in total. The summed E-state index contributed by atoms with van der Waals surface area (Å²) in [4.78, 5) is 8.01. The van der Waals surface area contributed by atoms with Crippen LogP contribution in [0.15, 0.2) is 36.5 Å². The Kier molecular flexibility index (Phi) is 3.76. The monoisotopic (exact) mass is 257 g/mol. The summed E-state index contributed by atoms with van der Waals surface area (Å²) in [6.45, 7) is 9.86. The van der Waals surface area contributed by atoms with Crippen molar-refractivity contribution in [2.45, 2.75) is 13.5 Å². The van der Waals surface area contributed by atoms with Crippen molar-refractivity contribution in [2.24, 2.45) is 0 Å². The van der Waals surface area contributed by atoms with Crippen molar-refractivity contribution in [2.75, 3.05) is 32.7 Å². The van der Waals surface area contributed by atoms with Crippen molar-refractivity contribution in [3.8, 4) is 0 Å². The Morgan fingerprint density at radius 3 is 2.53 bits per heavy atom. The summed E-state index contributed by atoms with van der Waals surface area (Å²) in [6.07, 6.45) is 1.90. The Labute approximate surface area is 114 Å². The van der Waals surface area contributed by atoms with Crippen molar-refractivity contribution in [3.05, 3.63) is 42.1 Å². The van der Waals surface area contributed by atoms with Gasteiger partial charge in [0, 0.05) is 17.1 Å². The molecule has 1 aromatic carbocycles. The maximum atomic E-state index is 4.56. The van der Waals surface area contributed by atoms with Crippen LogP contribution in [0, 0.1) is 0 Å². The molecule has 1 fully saturated rings. The number of quaternary nitrogens is 2. The molecule has 1 aliphatic rings. The van der Waals surface area contributed by atoms with Crippen molar-refractivity contribution < 1.29 is 9.80 Å². The largest absolute Gasteiger partial charge is 0.326 e. The first-order chi connectivity index (χ1) is 9.36. The zero-order valence-electron chi connectivity index (χ0n) is 11.7. The molecule has 1 saturated heterocycles. The SMILES string of the molecule is CC[NH+]1CC[NH+](Cc2cccc3cccnc23)CC1. The van der Waals surface area contributed by atoms with Crippen LogP contribution in [0.25, 0.3) is 10.9 Å². The number of pyridine rings is 1. The van der Waals surface area contributed by atoms with Crippen LogP contribution >= 0.6 is 0 Å². The van der Waals surface area contributed by atoms with Gasteiger partial charge in [0.1, 0.15) is 32.7 Å². The summed E-state index contributed by atoms with van der Waals surface area (Å²) < 4.78 is 0. The van der Waals surface area contributed by atoms with Gasteiger partial charge in [0.15, 0.2) is 0 Å². The van der Waals surface area contributed by atoms with Gasteiger partial charge < -0.3 is 9.80 Å². The van der Waals surface area contributed by atoms with Gasteiger partial charge in [-0.05, 0) is 13.0 Å². The first-order valence-corrected chi connectivity index (χ1v) is 7.36. The first kappa shape index (κ1) is 12.6. The summed E-state index contributed by atoms with van der Waals surface area (Å²) in [6, 6.07) is 10.7. The van der Waals surface area contributed by atoms with Gasteiger partial charge in [-0.3, -0.25) is 4.98 Å². The van der Waals surface area contributed by atoms with Gasteiger partial charge >= 0.3 is 0 Å². The summed E-state index contributed by atoms with van der Waals surface area (Å²) in [5.74, 6) is 0. The fraction of sp³-hybridized carbons (Fsp3) is 0.438. The first-order valence-electron chi connectivity index (χ1n) is 7.36. The van der Waals surface area contributed by atoms with E-state index < -0.39 is 0 Å². The molecule has 0 unspecified atom stereocenters. The Hall–Kier alpha value is -1.45. The predicted octanol–water partition coefficient (Wildman–Crippen LogP) is -0.462. The fourth-order valence-electron chi connectivity index (χ4n) is 3.07. The fourth-order valence-corrected chi connectivity index (χ4v) is 3.07. The van der Waals surface area contributed by atoms with E-state index in [1.165, 1.54) is 49.2 Å². The smallest absolute Gasteiger partial charge is 0.127 e. The van der Waals surface area contributed by atoms with Crippen molar-refractivity contribution in [1.29, 1.82) is 0 Å². The van der Waals surface area contributed by atoms with Crippen LogP contribution in [0.5, 0.6) is 0 Å². The summed E-state index contributed by atoms with van der Waals surface area (Å²) in [5, 5.41) is 1.26. The number of nitrogens with one attached hydrogen (secondary N) is 2. The molecule has 0 atom stereocenters. The molecule has 0 bridgehead atoms. The van der Waals surface area contributed by atoms with Gasteiger partial charge in [-0.2, -0.15) is 0 Å². The summed E-state index contributed by atoms with van der Waals surface area (Å²) in [7, 11) is 0. The van der Waals surface area contributed by atoms with E-state index in [-0.39, 0.29) is 0 Å². The number of rotatable bonds is 3. The molecule has 19 heavy (non-hydrogen) atoms. The van der Waals surface area contributed by atoms with Crippen molar-refractivity contribution in [3.63, 3.8) is 0 Å². The number of para-hydroxylation sites is 1. The van der Waals surface area contributed by atoms with Crippen molar-refractivity contribution in [1.82, 2.24) is 4.98 Å². The predicted molar refractivity (Wildman–Crippen MR) is 77.4 cm³/mol. The molecular weight excluding hydrogens is 234 g/mol. The van der Waals surface area contributed by atoms with Crippen LogP contribution in [0.1, 0.15) is 12.5 Å². The number of likely N-dealkylation sites (N-methyl/N-ethyl adjacent to an activating group) is 1. The lowest BCUT2D eigenvalue weighted by atomic mass is 10.1. The minimum absolute atomic E-state index is 1.12. The molecule has 3 rings (SSSR count). The molecule has 2 heterocycles. The highest BCUT2D eigenvalue weighted by molar-refractivity contribution is 5.81. The molecule has 2 aromatic rings. The number of aromatic nitrogens is 1. The number of piperazine rings is 1. The Morgan fingerprint density at radius 2 is 1.74 bits per heavy atom. The van der Waals surface area contributed by atoms with Crippen LogP contribution in [0.3, 0.4) is 0 Å². The Bertz CT molecular complexity index is 539. The molecule has 1 aliphatic heterocycles. The lowest BCUT2D eigenvalue weighted by Crippen LogP contribution is -3.27. The van der Waals surface area contributed by atoms with E-state index >= 15 is 0 Å². The van der Waals surface area contributed by atoms with E-state index in [1.807, 2.05) is 12.3 Å². The second-order valence-corrected chi connectivity index (χ2v) is 5.52. The van der Waals surface area contributed by atoms with Gasteiger partial charge in [0.05, 0.1) is 12.1 Å². The van der Waals surface area contributed by atoms with E-state index in [0.717, 1.165) is 6.54 Å². The molecule has 0 aliphatic carbocycles. The molecule has 0 radical (unpaired) electrons. The minimum Gasteiger partial charge on any atom is -0.326 e. The zero-order valence-corrected chi connectivity index (χ0v) is 11.7. The molecule has 2 N–H and O–H groups in total. The molecule has 3 heteroatoms. The molecule has 1 aromatic heterocycles. The lowest BCUT2D eigenvalue weighted by Gasteiger charge is -2.29. The number of hydrogen-bond acceptors (Lipinski definition) is 1. The zero-order chi connectivity index (χ0) is 13.1. The van der Waals surface area contributed by atoms with E-state index in [1.54, 1.807) is 9.80 Å². The van der Waals surface area contributed by atoms with Crippen LogP contribution < -0.4 is 9.80 Å². The summed E-state index contributed by atoms with van der Waals surface area (Å²) in [5.41, 5.74) is 2.58. The number of fused-ring (bicyclic) bond motifs is 1. The number of hydrogen-bond donors (Lipinski definition) is 2. The standard InChI is InChI=1S/C16H21N3/c1-2-18-9-11-19(12-10-18)13-15-6-3-5-14-7-4-8-17-16(14)15/h3-8H,2,9-13H2,1H3/p+2. The second-order valence-electron chi connectivity index (χ2n) is 5.52. The third kappa shape index (κ3) is 2.77.